The Labute approximate surface area is 141 Å². The van der Waals surface area contributed by atoms with Crippen LogP contribution in [0.3, 0.4) is 0 Å². The number of halogens is 1. The number of hydrogen-bond acceptors (Lipinski definition) is 4. The molecular formula is C17H14BrN3O2. The highest BCUT2D eigenvalue weighted by molar-refractivity contribution is 9.10. The number of hydrogen-bond donors (Lipinski definition) is 1. The standard InChI is InChI=1S/C17H14BrN3O2/c1-11(12-5-3-2-4-6-12)20-17(22)23-15-8-7-13-9-19-10-14(18)16(13)21-15/h2-11H,1H3,(H,20,22). The first-order valence-corrected chi connectivity index (χ1v) is 7.86. The van der Waals surface area contributed by atoms with Crippen LogP contribution in [0.5, 0.6) is 5.88 Å². The van der Waals surface area contributed by atoms with Gasteiger partial charge in [0.05, 0.1) is 16.0 Å². The van der Waals surface area contributed by atoms with Crippen LogP contribution < -0.4 is 10.1 Å². The summed E-state index contributed by atoms with van der Waals surface area (Å²) in [6.45, 7) is 1.90. The molecule has 3 rings (SSSR count). The largest absolute Gasteiger partial charge is 0.414 e. The highest BCUT2D eigenvalue weighted by atomic mass is 79.9. The fraction of sp³-hybridized carbons (Fsp3) is 0.118. The van der Waals surface area contributed by atoms with Crippen LogP contribution in [0.2, 0.25) is 0 Å². The number of nitrogens with zero attached hydrogens (tertiary/aromatic N) is 2. The molecule has 2 heterocycles. The molecule has 1 N–H and O–H groups in total. The van der Waals surface area contributed by atoms with Gasteiger partial charge in [-0.3, -0.25) is 4.98 Å². The van der Waals surface area contributed by atoms with Crippen molar-refractivity contribution in [1.82, 2.24) is 15.3 Å². The molecule has 1 amide bonds. The lowest BCUT2D eigenvalue weighted by Gasteiger charge is -2.14. The van der Waals surface area contributed by atoms with Gasteiger partial charge in [0.25, 0.3) is 0 Å². The van der Waals surface area contributed by atoms with E-state index in [1.54, 1.807) is 18.5 Å². The third-order valence-corrected chi connectivity index (χ3v) is 3.94. The molecule has 0 fully saturated rings. The zero-order valence-corrected chi connectivity index (χ0v) is 13.9. The summed E-state index contributed by atoms with van der Waals surface area (Å²) in [4.78, 5) is 20.4. The van der Waals surface area contributed by atoms with E-state index in [2.05, 4.69) is 31.2 Å². The summed E-state index contributed by atoms with van der Waals surface area (Å²) < 4.78 is 6.02. The monoisotopic (exact) mass is 371 g/mol. The van der Waals surface area contributed by atoms with Crippen molar-refractivity contribution in [1.29, 1.82) is 0 Å². The molecule has 2 aromatic heterocycles. The molecule has 0 radical (unpaired) electrons. The lowest BCUT2D eigenvalue weighted by atomic mass is 10.1. The van der Waals surface area contributed by atoms with Crippen molar-refractivity contribution in [3.8, 4) is 5.88 Å². The Kier molecular flexibility index (Phi) is 4.52. The summed E-state index contributed by atoms with van der Waals surface area (Å²) in [5, 5.41) is 3.65. The van der Waals surface area contributed by atoms with Crippen LogP contribution in [-0.2, 0) is 0 Å². The smallest absolute Gasteiger partial charge is 0.391 e. The number of ether oxygens (including phenoxy) is 1. The Morgan fingerprint density at radius 1 is 1.17 bits per heavy atom. The van der Waals surface area contributed by atoms with E-state index in [4.69, 9.17) is 4.74 Å². The van der Waals surface area contributed by atoms with Crippen LogP contribution in [0.4, 0.5) is 4.79 Å². The van der Waals surface area contributed by atoms with E-state index in [1.807, 2.05) is 43.3 Å². The SMILES string of the molecule is CC(NC(=O)Oc1ccc2cncc(Br)c2n1)c1ccccc1. The van der Waals surface area contributed by atoms with Crippen LogP contribution in [0.1, 0.15) is 18.5 Å². The first-order chi connectivity index (χ1) is 11.1. The van der Waals surface area contributed by atoms with Crippen molar-refractivity contribution in [2.45, 2.75) is 13.0 Å². The zero-order valence-electron chi connectivity index (χ0n) is 12.4. The van der Waals surface area contributed by atoms with Gasteiger partial charge in [-0.15, -0.1) is 0 Å². The Morgan fingerprint density at radius 2 is 1.96 bits per heavy atom. The molecule has 116 valence electrons. The summed E-state index contributed by atoms with van der Waals surface area (Å²) >= 11 is 3.39. The molecule has 3 aromatic rings. The Balaban J connectivity index is 1.72. The summed E-state index contributed by atoms with van der Waals surface area (Å²) in [5.74, 6) is 0.238. The van der Waals surface area contributed by atoms with Gasteiger partial charge in [0.2, 0.25) is 5.88 Å². The summed E-state index contributed by atoms with van der Waals surface area (Å²) in [6, 6.07) is 13.0. The van der Waals surface area contributed by atoms with Gasteiger partial charge in [-0.2, -0.15) is 0 Å². The molecule has 5 nitrogen and oxygen atoms in total. The second kappa shape index (κ2) is 6.75. The number of carbonyl (C=O) groups excluding carboxylic acids is 1. The van der Waals surface area contributed by atoms with Crippen LogP contribution in [0.15, 0.2) is 59.3 Å². The van der Waals surface area contributed by atoms with Crippen LogP contribution >= 0.6 is 15.9 Å². The third kappa shape index (κ3) is 3.65. The molecule has 1 atom stereocenters. The fourth-order valence-corrected chi connectivity index (χ4v) is 2.61. The second-order valence-corrected chi connectivity index (χ2v) is 5.86. The van der Waals surface area contributed by atoms with Crippen molar-refractivity contribution >= 4 is 32.9 Å². The molecule has 0 spiro atoms. The molecule has 1 aromatic carbocycles. The van der Waals surface area contributed by atoms with E-state index in [9.17, 15) is 4.79 Å². The van der Waals surface area contributed by atoms with Crippen LogP contribution in [-0.4, -0.2) is 16.1 Å². The van der Waals surface area contributed by atoms with Gasteiger partial charge in [0.1, 0.15) is 0 Å². The Morgan fingerprint density at radius 3 is 2.74 bits per heavy atom. The molecule has 0 bridgehead atoms. The van der Waals surface area contributed by atoms with Gasteiger partial charge in [-0.1, -0.05) is 30.3 Å². The first-order valence-electron chi connectivity index (χ1n) is 7.07. The maximum Gasteiger partial charge on any atom is 0.414 e. The van der Waals surface area contributed by atoms with Crippen molar-refractivity contribution in [3.63, 3.8) is 0 Å². The van der Waals surface area contributed by atoms with Crippen molar-refractivity contribution in [3.05, 3.63) is 64.9 Å². The van der Waals surface area contributed by atoms with E-state index < -0.39 is 6.09 Å². The number of amides is 1. The topological polar surface area (TPSA) is 64.1 Å². The van der Waals surface area contributed by atoms with Crippen molar-refractivity contribution in [2.75, 3.05) is 0 Å². The maximum atomic E-state index is 12.0. The highest BCUT2D eigenvalue weighted by Gasteiger charge is 2.12. The molecule has 23 heavy (non-hydrogen) atoms. The number of pyridine rings is 2. The fourth-order valence-electron chi connectivity index (χ4n) is 2.17. The summed E-state index contributed by atoms with van der Waals surface area (Å²) in [5.41, 5.74) is 1.70. The van der Waals surface area contributed by atoms with Gasteiger partial charge < -0.3 is 10.1 Å². The highest BCUT2D eigenvalue weighted by Crippen LogP contribution is 2.23. The molecule has 0 aliphatic rings. The van der Waals surface area contributed by atoms with Crippen LogP contribution in [0.25, 0.3) is 10.9 Å². The minimum atomic E-state index is -0.543. The normalized spacial score (nSPS) is 11.9. The van der Waals surface area contributed by atoms with E-state index in [1.165, 1.54) is 0 Å². The van der Waals surface area contributed by atoms with Gasteiger partial charge in [0.15, 0.2) is 0 Å². The maximum absolute atomic E-state index is 12.0. The zero-order chi connectivity index (χ0) is 16.2. The van der Waals surface area contributed by atoms with Crippen molar-refractivity contribution < 1.29 is 9.53 Å². The first kappa shape index (κ1) is 15.4. The van der Waals surface area contributed by atoms with Crippen LogP contribution in [0, 0.1) is 0 Å². The lowest BCUT2D eigenvalue weighted by molar-refractivity contribution is 0.195. The summed E-state index contributed by atoms with van der Waals surface area (Å²) in [6.07, 6.45) is 2.81. The lowest BCUT2D eigenvalue weighted by Crippen LogP contribution is -2.29. The van der Waals surface area contributed by atoms with Crippen molar-refractivity contribution in [2.24, 2.45) is 0 Å². The van der Waals surface area contributed by atoms with Gasteiger partial charge in [0, 0.05) is 23.8 Å². The second-order valence-electron chi connectivity index (χ2n) is 5.01. The average molecular weight is 372 g/mol. The number of carbonyl (C=O) groups is 1. The minimum Gasteiger partial charge on any atom is -0.391 e. The molecule has 0 saturated heterocycles. The number of benzene rings is 1. The van der Waals surface area contributed by atoms with E-state index >= 15 is 0 Å². The van der Waals surface area contributed by atoms with E-state index in [0.29, 0.717) is 5.52 Å². The Bertz CT molecular complexity index is 840. The molecule has 0 saturated carbocycles. The quantitative estimate of drug-likeness (QED) is 0.747. The molecule has 0 aliphatic heterocycles. The molecular weight excluding hydrogens is 358 g/mol. The van der Waals surface area contributed by atoms with Gasteiger partial charge >= 0.3 is 6.09 Å². The van der Waals surface area contributed by atoms with E-state index in [0.717, 1.165) is 15.4 Å². The number of rotatable bonds is 3. The minimum absolute atomic E-state index is 0.153. The number of aromatic nitrogens is 2. The molecule has 0 aliphatic carbocycles. The number of nitrogens with one attached hydrogen (secondary N) is 1. The average Bonchev–Trinajstić information content (AvgIpc) is 2.56. The van der Waals surface area contributed by atoms with Gasteiger partial charge in [-0.05, 0) is 34.5 Å². The van der Waals surface area contributed by atoms with E-state index in [-0.39, 0.29) is 11.9 Å². The molecule has 6 heteroatoms. The summed E-state index contributed by atoms with van der Waals surface area (Å²) in [7, 11) is 0. The Hall–Kier alpha value is -2.47. The third-order valence-electron chi connectivity index (χ3n) is 3.36. The predicted octanol–water partition coefficient (Wildman–Crippen LogP) is 4.24. The number of fused-ring (bicyclic) bond motifs is 1. The predicted molar refractivity (Wildman–Crippen MR) is 91.3 cm³/mol. The molecule has 1 unspecified atom stereocenters. The van der Waals surface area contributed by atoms with Gasteiger partial charge in [-0.25, -0.2) is 9.78 Å².